The minimum Gasteiger partial charge on any atom is -0.306 e. The summed E-state index contributed by atoms with van der Waals surface area (Å²) in [7, 11) is 0. The van der Waals surface area contributed by atoms with E-state index in [0.29, 0.717) is 27.6 Å². The monoisotopic (exact) mass is 408 g/mol. The predicted molar refractivity (Wildman–Crippen MR) is 109 cm³/mol. The van der Waals surface area contributed by atoms with Gasteiger partial charge in [0.2, 0.25) is 5.91 Å². The highest BCUT2D eigenvalue weighted by Gasteiger charge is 2.16. The number of halogens is 1. The zero-order valence-electron chi connectivity index (χ0n) is 14.8. The summed E-state index contributed by atoms with van der Waals surface area (Å²) < 4.78 is 15.0. The van der Waals surface area contributed by atoms with Gasteiger partial charge in [0.05, 0.1) is 4.92 Å². The third kappa shape index (κ3) is 3.90. The van der Waals surface area contributed by atoms with Crippen molar-refractivity contribution in [3.05, 3.63) is 87.7 Å². The molecule has 4 aromatic rings. The highest BCUT2D eigenvalue weighted by atomic mass is 32.1. The first kappa shape index (κ1) is 18.5. The number of carbonyl (C=O) groups is 1. The van der Waals surface area contributed by atoms with Crippen LogP contribution in [-0.4, -0.2) is 20.2 Å². The molecule has 2 heterocycles. The van der Waals surface area contributed by atoms with Crippen molar-refractivity contribution in [3.63, 3.8) is 0 Å². The van der Waals surface area contributed by atoms with Crippen LogP contribution in [0.2, 0.25) is 0 Å². The number of nitrogens with zero attached hydrogens (tertiary/aromatic N) is 3. The van der Waals surface area contributed by atoms with Crippen molar-refractivity contribution in [3.8, 4) is 11.3 Å². The number of nitrogens with one attached hydrogen (secondary N) is 1. The van der Waals surface area contributed by atoms with E-state index in [0.717, 1.165) is 0 Å². The minimum absolute atomic E-state index is 0.0188. The normalized spacial score (nSPS) is 11.2. The first-order chi connectivity index (χ1) is 14.0. The Bertz CT molecular complexity index is 1230. The zero-order valence-corrected chi connectivity index (χ0v) is 15.6. The molecule has 0 aliphatic rings. The highest BCUT2D eigenvalue weighted by molar-refractivity contribution is 7.15. The second-order valence-corrected chi connectivity index (χ2v) is 6.92. The van der Waals surface area contributed by atoms with E-state index in [2.05, 4.69) is 10.3 Å². The number of anilines is 1. The topological polar surface area (TPSA) is 89.5 Å². The van der Waals surface area contributed by atoms with Crippen molar-refractivity contribution in [2.75, 3.05) is 5.32 Å². The molecule has 9 heteroatoms. The van der Waals surface area contributed by atoms with Gasteiger partial charge in [0.1, 0.15) is 17.3 Å². The van der Waals surface area contributed by atoms with Crippen molar-refractivity contribution in [2.45, 2.75) is 0 Å². The molecule has 0 aliphatic carbocycles. The van der Waals surface area contributed by atoms with Gasteiger partial charge in [-0.25, -0.2) is 9.37 Å². The zero-order chi connectivity index (χ0) is 20.4. The molecular formula is C20H13FN4O3S. The number of imidazole rings is 1. The quantitative estimate of drug-likeness (QED) is 0.293. The highest BCUT2D eigenvalue weighted by Crippen LogP contribution is 2.30. The number of hydrogen-bond acceptors (Lipinski definition) is 5. The number of benzene rings is 2. The number of nitro benzene ring substituents is 1. The number of carbonyl (C=O) groups excluding carboxylic acids is 1. The Morgan fingerprint density at radius 3 is 2.59 bits per heavy atom. The van der Waals surface area contributed by atoms with Gasteiger partial charge in [-0.3, -0.25) is 19.3 Å². The fourth-order valence-corrected chi connectivity index (χ4v) is 3.47. The molecule has 0 bridgehead atoms. The summed E-state index contributed by atoms with van der Waals surface area (Å²) in [6.07, 6.45) is 4.68. The number of fused-ring (bicyclic) bond motifs is 1. The van der Waals surface area contributed by atoms with Crippen LogP contribution in [0.25, 0.3) is 22.3 Å². The molecule has 4 rings (SSSR count). The second-order valence-electron chi connectivity index (χ2n) is 6.04. The molecule has 2 aromatic carbocycles. The van der Waals surface area contributed by atoms with Crippen LogP contribution >= 0.6 is 11.3 Å². The summed E-state index contributed by atoms with van der Waals surface area (Å²) >= 11 is 1.41. The number of thiazole rings is 1. The number of aromatic nitrogens is 2. The lowest BCUT2D eigenvalue weighted by Crippen LogP contribution is -2.10. The van der Waals surface area contributed by atoms with Crippen molar-refractivity contribution < 1.29 is 14.1 Å². The number of non-ortho nitro benzene ring substituents is 1. The van der Waals surface area contributed by atoms with Crippen molar-refractivity contribution in [2.24, 2.45) is 0 Å². The van der Waals surface area contributed by atoms with Crippen molar-refractivity contribution in [1.82, 2.24) is 9.38 Å². The van der Waals surface area contributed by atoms with Crippen LogP contribution in [0.4, 0.5) is 15.9 Å². The smallest absolute Gasteiger partial charge is 0.269 e. The Balaban J connectivity index is 1.59. The third-order valence-electron chi connectivity index (χ3n) is 4.15. The summed E-state index contributed by atoms with van der Waals surface area (Å²) in [6, 6.07) is 11.7. The maximum atomic E-state index is 13.2. The number of rotatable bonds is 5. The van der Waals surface area contributed by atoms with Gasteiger partial charge in [-0.1, -0.05) is 0 Å². The Morgan fingerprint density at radius 2 is 1.90 bits per heavy atom. The van der Waals surface area contributed by atoms with Crippen LogP contribution in [0.15, 0.2) is 66.2 Å². The van der Waals surface area contributed by atoms with E-state index in [9.17, 15) is 19.3 Å². The average Bonchev–Trinajstić information content (AvgIpc) is 3.30. The van der Waals surface area contributed by atoms with Gasteiger partial charge in [-0.05, 0) is 48.0 Å². The van der Waals surface area contributed by atoms with E-state index < -0.39 is 4.92 Å². The fourth-order valence-electron chi connectivity index (χ4n) is 2.75. The molecule has 7 nitrogen and oxygen atoms in total. The first-order valence-electron chi connectivity index (χ1n) is 8.46. The molecule has 0 atom stereocenters. The van der Waals surface area contributed by atoms with Gasteiger partial charge in [0.25, 0.3) is 5.69 Å². The van der Waals surface area contributed by atoms with Crippen LogP contribution in [0.5, 0.6) is 0 Å². The molecule has 29 heavy (non-hydrogen) atoms. The lowest BCUT2D eigenvalue weighted by atomic mass is 10.1. The molecule has 0 saturated carbocycles. The van der Waals surface area contributed by atoms with Gasteiger partial charge >= 0.3 is 0 Å². The second kappa shape index (κ2) is 7.64. The van der Waals surface area contributed by atoms with Crippen LogP contribution in [0.1, 0.15) is 5.56 Å². The van der Waals surface area contributed by atoms with E-state index >= 15 is 0 Å². The molecule has 0 spiro atoms. The van der Waals surface area contributed by atoms with E-state index in [1.807, 2.05) is 5.38 Å². The lowest BCUT2D eigenvalue weighted by Gasteiger charge is -2.05. The molecule has 0 fully saturated rings. The minimum atomic E-state index is -0.483. The van der Waals surface area contributed by atoms with Gasteiger partial charge in [-0.15, -0.1) is 11.3 Å². The molecular weight excluding hydrogens is 395 g/mol. The van der Waals surface area contributed by atoms with Crippen LogP contribution in [0.3, 0.4) is 0 Å². The summed E-state index contributed by atoms with van der Waals surface area (Å²) in [5, 5.41) is 15.4. The molecule has 1 N–H and O–H groups in total. The van der Waals surface area contributed by atoms with Gasteiger partial charge in [0.15, 0.2) is 4.96 Å². The molecule has 144 valence electrons. The summed E-state index contributed by atoms with van der Waals surface area (Å²) in [5.41, 5.74) is 1.85. The third-order valence-corrected chi connectivity index (χ3v) is 4.91. The molecule has 0 saturated heterocycles. The Labute approximate surface area is 167 Å². The van der Waals surface area contributed by atoms with E-state index in [-0.39, 0.29) is 17.4 Å². The predicted octanol–water partition coefficient (Wildman–Crippen LogP) is 4.76. The summed E-state index contributed by atoms with van der Waals surface area (Å²) in [4.78, 5) is 27.9. The average molecular weight is 408 g/mol. The molecule has 0 aliphatic heterocycles. The van der Waals surface area contributed by atoms with Gasteiger partial charge in [-0.2, -0.15) is 0 Å². The molecule has 0 unspecified atom stereocenters. The standard InChI is InChI=1S/C20H13FN4O3S/c21-15-6-4-14(5-7-15)18-19(24-11-12-29-20(24)23-18)22-17(26)10-3-13-1-8-16(9-2-13)25(27)28/h1-12H,(H,22,26)/b10-3+. The van der Waals surface area contributed by atoms with E-state index in [1.54, 1.807) is 40.9 Å². The molecule has 2 aromatic heterocycles. The summed E-state index contributed by atoms with van der Waals surface area (Å²) in [5.74, 6) is -0.266. The SMILES string of the molecule is O=C(/C=C/c1ccc([N+](=O)[O-])cc1)Nc1c(-c2ccc(F)cc2)nc2sccn12. The van der Waals surface area contributed by atoms with Gasteiger partial charge < -0.3 is 5.32 Å². The van der Waals surface area contributed by atoms with Gasteiger partial charge in [0, 0.05) is 35.3 Å². The summed E-state index contributed by atoms with van der Waals surface area (Å²) in [6.45, 7) is 0. The number of amides is 1. The largest absolute Gasteiger partial charge is 0.306 e. The molecule has 0 radical (unpaired) electrons. The van der Waals surface area contributed by atoms with Crippen molar-refractivity contribution in [1.29, 1.82) is 0 Å². The van der Waals surface area contributed by atoms with Crippen LogP contribution in [0, 0.1) is 15.9 Å². The lowest BCUT2D eigenvalue weighted by molar-refractivity contribution is -0.384. The molecule has 1 amide bonds. The maximum Gasteiger partial charge on any atom is 0.269 e. The Hall–Kier alpha value is -3.85. The van der Waals surface area contributed by atoms with E-state index in [1.165, 1.54) is 41.7 Å². The fraction of sp³-hybridized carbons (Fsp3) is 0. The number of nitro groups is 1. The number of hydrogen-bond donors (Lipinski definition) is 1. The Kier molecular flexibility index (Phi) is 4.88. The van der Waals surface area contributed by atoms with Crippen LogP contribution < -0.4 is 5.32 Å². The first-order valence-corrected chi connectivity index (χ1v) is 9.34. The Morgan fingerprint density at radius 1 is 1.17 bits per heavy atom. The van der Waals surface area contributed by atoms with Crippen molar-refractivity contribution >= 4 is 39.8 Å². The van der Waals surface area contributed by atoms with E-state index in [4.69, 9.17) is 0 Å². The van der Waals surface area contributed by atoms with Crippen LogP contribution in [-0.2, 0) is 4.79 Å². The maximum absolute atomic E-state index is 13.2.